The molecular weight excluding hydrogens is 398 g/mol. The fourth-order valence-electron chi connectivity index (χ4n) is 2.70. The van der Waals surface area contributed by atoms with Crippen LogP contribution < -0.4 is 5.56 Å². The number of non-ortho nitro benzene ring substituents is 1. The Hall–Kier alpha value is -3.29. The Kier molecular flexibility index (Phi) is 4.77. The average molecular weight is 410 g/mol. The highest BCUT2D eigenvalue weighted by Gasteiger charge is 2.12. The summed E-state index contributed by atoms with van der Waals surface area (Å²) in [5, 5.41) is 11.5. The third-order valence-electron chi connectivity index (χ3n) is 4.08. The van der Waals surface area contributed by atoms with Crippen LogP contribution in [0, 0.1) is 10.1 Å². The summed E-state index contributed by atoms with van der Waals surface area (Å²) in [5.41, 5.74) is 1.40. The molecule has 0 bridgehead atoms. The molecule has 4 rings (SSSR count). The first-order chi connectivity index (χ1) is 13.5. The van der Waals surface area contributed by atoms with Gasteiger partial charge in [0.05, 0.1) is 15.3 Å². The molecule has 2 heterocycles. The lowest BCUT2D eigenvalue weighted by Gasteiger charge is -2.00. The van der Waals surface area contributed by atoms with Gasteiger partial charge in [-0.15, -0.1) is 11.3 Å². The second-order valence-corrected chi connectivity index (χ2v) is 7.39. The lowest BCUT2D eigenvalue weighted by molar-refractivity contribution is -0.384. The van der Waals surface area contributed by atoms with Crippen LogP contribution in [0.3, 0.4) is 0 Å². The molecule has 2 aromatic heterocycles. The van der Waals surface area contributed by atoms with Crippen LogP contribution in [0.5, 0.6) is 0 Å². The van der Waals surface area contributed by atoms with Gasteiger partial charge in [0.1, 0.15) is 4.83 Å². The first kappa shape index (κ1) is 18.1. The predicted octanol–water partition coefficient (Wildman–Crippen LogP) is 5.30. The first-order valence-electron chi connectivity index (χ1n) is 8.22. The lowest BCUT2D eigenvalue weighted by Crippen LogP contribution is -2.09. The summed E-state index contributed by atoms with van der Waals surface area (Å²) in [6.07, 6.45) is 1.60. The molecule has 4 aromatic rings. The van der Waals surface area contributed by atoms with Gasteiger partial charge < -0.3 is 4.98 Å². The van der Waals surface area contributed by atoms with Crippen LogP contribution in [-0.2, 0) is 0 Å². The van der Waals surface area contributed by atoms with Crippen molar-refractivity contribution < 1.29 is 4.92 Å². The van der Waals surface area contributed by atoms with Gasteiger partial charge in [0.15, 0.2) is 5.82 Å². The zero-order valence-electron chi connectivity index (χ0n) is 14.3. The molecule has 0 aliphatic heterocycles. The van der Waals surface area contributed by atoms with Crippen molar-refractivity contribution in [1.82, 2.24) is 9.97 Å². The smallest absolute Gasteiger partial charge is 0.269 e. The number of thiophene rings is 1. The number of rotatable bonds is 4. The SMILES string of the molecule is O=c1[nH]c(/C(Cl)=C/c2ccc([N+](=O)[O-])cc2)nc2sc(-c3ccccc3)cc12. The van der Waals surface area contributed by atoms with Gasteiger partial charge in [-0.25, -0.2) is 4.98 Å². The van der Waals surface area contributed by atoms with Crippen LogP contribution in [0.1, 0.15) is 11.4 Å². The predicted molar refractivity (Wildman–Crippen MR) is 112 cm³/mol. The van der Waals surface area contributed by atoms with Gasteiger partial charge in [0.2, 0.25) is 0 Å². The van der Waals surface area contributed by atoms with E-state index in [1.807, 2.05) is 36.4 Å². The fourth-order valence-corrected chi connectivity index (χ4v) is 3.95. The largest absolute Gasteiger partial charge is 0.305 e. The van der Waals surface area contributed by atoms with Gasteiger partial charge in [-0.2, -0.15) is 0 Å². The molecule has 0 spiro atoms. The molecule has 0 saturated heterocycles. The van der Waals surface area contributed by atoms with Gasteiger partial charge in [-0.3, -0.25) is 14.9 Å². The second-order valence-electron chi connectivity index (χ2n) is 5.95. The lowest BCUT2D eigenvalue weighted by atomic mass is 10.2. The standard InChI is InChI=1S/C20H12ClN3O3S/c21-16(10-12-6-8-14(9-7-12)24(26)27)18-22-19(25)15-11-17(28-20(15)23-18)13-4-2-1-3-5-13/h1-11H,(H,22,23,25)/b16-10-. The number of benzene rings is 2. The maximum atomic E-state index is 12.5. The molecule has 8 heteroatoms. The molecule has 0 atom stereocenters. The molecule has 138 valence electrons. The molecule has 0 fully saturated rings. The Morgan fingerprint density at radius 2 is 1.86 bits per heavy atom. The van der Waals surface area contributed by atoms with Crippen molar-refractivity contribution in [1.29, 1.82) is 0 Å². The normalized spacial score (nSPS) is 11.7. The molecule has 0 radical (unpaired) electrons. The summed E-state index contributed by atoms with van der Waals surface area (Å²) in [7, 11) is 0. The van der Waals surface area contributed by atoms with E-state index in [-0.39, 0.29) is 22.1 Å². The zero-order chi connectivity index (χ0) is 19.7. The molecule has 0 aliphatic carbocycles. The summed E-state index contributed by atoms with van der Waals surface area (Å²) >= 11 is 7.75. The van der Waals surface area contributed by atoms with Gasteiger partial charge in [-0.1, -0.05) is 41.9 Å². The van der Waals surface area contributed by atoms with E-state index in [0.717, 1.165) is 10.4 Å². The Morgan fingerprint density at radius 3 is 2.54 bits per heavy atom. The van der Waals surface area contributed by atoms with E-state index in [9.17, 15) is 14.9 Å². The van der Waals surface area contributed by atoms with Crippen molar-refractivity contribution in [3.05, 3.63) is 92.5 Å². The molecule has 0 saturated carbocycles. The summed E-state index contributed by atoms with van der Waals surface area (Å²) < 4.78 is 0. The number of nitrogens with zero attached hydrogens (tertiary/aromatic N) is 2. The minimum Gasteiger partial charge on any atom is -0.305 e. The molecule has 0 amide bonds. The van der Waals surface area contributed by atoms with Crippen molar-refractivity contribution in [3.8, 4) is 10.4 Å². The highest BCUT2D eigenvalue weighted by Crippen LogP contribution is 2.31. The van der Waals surface area contributed by atoms with Gasteiger partial charge >= 0.3 is 0 Å². The molecule has 1 N–H and O–H groups in total. The number of fused-ring (bicyclic) bond motifs is 1. The van der Waals surface area contributed by atoms with Gasteiger partial charge in [0, 0.05) is 17.0 Å². The first-order valence-corrected chi connectivity index (χ1v) is 9.42. The van der Waals surface area contributed by atoms with Crippen LogP contribution >= 0.6 is 22.9 Å². The van der Waals surface area contributed by atoms with Crippen LogP contribution in [0.4, 0.5) is 5.69 Å². The Balaban J connectivity index is 1.72. The highest BCUT2D eigenvalue weighted by molar-refractivity contribution is 7.21. The van der Waals surface area contributed by atoms with E-state index in [1.165, 1.54) is 23.5 Å². The van der Waals surface area contributed by atoms with Crippen molar-refractivity contribution in [2.75, 3.05) is 0 Å². The van der Waals surface area contributed by atoms with Crippen molar-refractivity contribution in [2.24, 2.45) is 0 Å². The number of hydrogen-bond donors (Lipinski definition) is 1. The Bertz CT molecular complexity index is 1260. The monoisotopic (exact) mass is 409 g/mol. The van der Waals surface area contributed by atoms with Gasteiger partial charge in [0.25, 0.3) is 11.2 Å². The van der Waals surface area contributed by atoms with Crippen LogP contribution in [0.25, 0.3) is 31.8 Å². The molecule has 0 aliphatic rings. The van der Waals surface area contributed by atoms with Crippen LogP contribution in [0.2, 0.25) is 0 Å². The number of aromatic nitrogens is 2. The molecule has 2 aromatic carbocycles. The fraction of sp³-hybridized carbons (Fsp3) is 0. The summed E-state index contributed by atoms with van der Waals surface area (Å²) in [4.78, 5) is 31.5. The number of hydrogen-bond acceptors (Lipinski definition) is 5. The molecule has 0 unspecified atom stereocenters. The highest BCUT2D eigenvalue weighted by atomic mass is 35.5. The van der Waals surface area contributed by atoms with Crippen molar-refractivity contribution in [3.63, 3.8) is 0 Å². The molecule has 6 nitrogen and oxygen atoms in total. The number of H-pyrrole nitrogens is 1. The van der Waals surface area contributed by atoms with E-state index in [2.05, 4.69) is 9.97 Å². The van der Waals surface area contributed by atoms with Crippen LogP contribution in [-0.4, -0.2) is 14.9 Å². The zero-order valence-corrected chi connectivity index (χ0v) is 15.8. The summed E-state index contributed by atoms with van der Waals surface area (Å²) in [6.45, 7) is 0. The third-order valence-corrected chi connectivity index (χ3v) is 5.45. The maximum Gasteiger partial charge on any atom is 0.269 e. The number of nitro groups is 1. The van der Waals surface area contributed by atoms with Crippen molar-refractivity contribution >= 4 is 50.0 Å². The topological polar surface area (TPSA) is 88.9 Å². The van der Waals surface area contributed by atoms with E-state index in [4.69, 9.17) is 11.6 Å². The van der Waals surface area contributed by atoms with Gasteiger partial charge in [-0.05, 0) is 35.4 Å². The number of halogens is 1. The van der Waals surface area contributed by atoms with E-state index < -0.39 is 4.92 Å². The van der Waals surface area contributed by atoms with E-state index in [1.54, 1.807) is 18.2 Å². The summed E-state index contributed by atoms with van der Waals surface area (Å²) in [6, 6.07) is 17.5. The van der Waals surface area contributed by atoms with E-state index >= 15 is 0 Å². The number of nitro benzene ring substituents is 1. The maximum absolute atomic E-state index is 12.5. The Morgan fingerprint density at radius 1 is 1.14 bits per heavy atom. The minimum atomic E-state index is -0.469. The number of nitrogens with one attached hydrogen (secondary N) is 1. The Labute approximate surface area is 167 Å². The van der Waals surface area contributed by atoms with Crippen molar-refractivity contribution in [2.45, 2.75) is 0 Å². The molecule has 28 heavy (non-hydrogen) atoms. The minimum absolute atomic E-state index is 0.00625. The third kappa shape index (κ3) is 3.58. The van der Waals surface area contributed by atoms with E-state index in [0.29, 0.717) is 15.8 Å². The average Bonchev–Trinajstić information content (AvgIpc) is 3.14. The quantitative estimate of drug-likeness (QED) is 0.366. The second kappa shape index (κ2) is 7.38. The number of aromatic amines is 1. The molecular formula is C20H12ClN3O3S. The summed E-state index contributed by atoms with van der Waals surface area (Å²) in [5.74, 6) is 0.249. The van der Waals surface area contributed by atoms with Crippen LogP contribution in [0.15, 0.2) is 65.5 Å².